The first kappa shape index (κ1) is 13.1. The first-order valence-corrected chi connectivity index (χ1v) is 6.18. The van der Waals surface area contributed by atoms with Crippen molar-refractivity contribution in [3.8, 4) is 5.75 Å². The topological polar surface area (TPSA) is 67.0 Å². The number of aromatic nitrogens is 2. The van der Waals surface area contributed by atoms with E-state index in [4.69, 9.17) is 4.74 Å². The minimum atomic E-state index is -0.242. The highest BCUT2D eigenvalue weighted by Gasteiger charge is 2.09. The summed E-state index contributed by atoms with van der Waals surface area (Å²) < 4.78 is 5.56. The van der Waals surface area contributed by atoms with Crippen LogP contribution >= 0.6 is 0 Å². The van der Waals surface area contributed by atoms with Gasteiger partial charge in [0.15, 0.2) is 6.61 Å². The monoisotopic (exact) mass is 259 g/mol. The van der Waals surface area contributed by atoms with Crippen molar-refractivity contribution in [1.82, 2.24) is 9.97 Å². The van der Waals surface area contributed by atoms with Crippen LogP contribution in [0.3, 0.4) is 0 Å². The molecule has 0 aliphatic rings. The van der Waals surface area contributed by atoms with E-state index >= 15 is 0 Å². The van der Waals surface area contributed by atoms with Gasteiger partial charge in [-0.05, 0) is 17.5 Å². The van der Waals surface area contributed by atoms with Gasteiger partial charge in [0.25, 0.3) is 5.91 Å². The van der Waals surface area contributed by atoms with E-state index in [1.165, 1.54) is 0 Å². The summed E-state index contributed by atoms with van der Waals surface area (Å²) in [6.07, 6.45) is 3.22. The summed E-state index contributed by atoms with van der Waals surface area (Å²) in [6, 6.07) is 7.73. The normalized spacial score (nSPS) is 10.5. The summed E-state index contributed by atoms with van der Waals surface area (Å²) in [5, 5.41) is 2.61. The maximum atomic E-state index is 11.7. The fraction of sp³-hybridized carbons (Fsp3) is 0.286. The molecule has 2 rings (SSSR count). The summed E-state index contributed by atoms with van der Waals surface area (Å²) in [7, 11) is 0. The van der Waals surface area contributed by atoms with Crippen LogP contribution in [0.5, 0.6) is 5.75 Å². The Kier molecular flexibility index (Phi) is 4.18. The fourth-order valence-corrected chi connectivity index (χ4v) is 1.73. The number of anilines is 1. The molecular weight excluding hydrogens is 242 g/mol. The van der Waals surface area contributed by atoms with Crippen LogP contribution in [0.15, 0.2) is 36.7 Å². The molecule has 0 aliphatic carbocycles. The molecule has 0 fully saturated rings. The number of rotatable bonds is 5. The van der Waals surface area contributed by atoms with Crippen LogP contribution in [0.25, 0.3) is 0 Å². The van der Waals surface area contributed by atoms with E-state index in [-0.39, 0.29) is 12.5 Å². The predicted molar refractivity (Wildman–Crippen MR) is 73.2 cm³/mol. The quantitative estimate of drug-likeness (QED) is 0.867. The molecule has 0 unspecified atom stereocenters. The van der Waals surface area contributed by atoms with Gasteiger partial charge in [0.05, 0.1) is 0 Å². The summed E-state index contributed by atoms with van der Waals surface area (Å²) in [4.78, 5) is 18.4. The molecule has 0 saturated carbocycles. The molecule has 5 heteroatoms. The maximum absolute atomic E-state index is 11.7. The fourth-order valence-electron chi connectivity index (χ4n) is 1.73. The molecule has 1 amide bonds. The molecule has 0 spiro atoms. The number of nitrogens with one attached hydrogen (secondary N) is 2. The third-order valence-electron chi connectivity index (χ3n) is 2.66. The van der Waals surface area contributed by atoms with E-state index in [0.29, 0.717) is 11.9 Å². The van der Waals surface area contributed by atoms with E-state index in [1.54, 1.807) is 12.4 Å². The van der Waals surface area contributed by atoms with Crippen molar-refractivity contribution in [2.45, 2.75) is 19.8 Å². The Labute approximate surface area is 112 Å². The van der Waals surface area contributed by atoms with Crippen molar-refractivity contribution in [3.63, 3.8) is 0 Å². The Balaban J connectivity index is 1.93. The van der Waals surface area contributed by atoms with Crippen molar-refractivity contribution in [3.05, 3.63) is 42.2 Å². The van der Waals surface area contributed by atoms with Gasteiger partial charge in [0.1, 0.15) is 5.75 Å². The second-order valence-electron chi connectivity index (χ2n) is 4.47. The lowest BCUT2D eigenvalue weighted by molar-refractivity contribution is -0.118. The van der Waals surface area contributed by atoms with Crippen LogP contribution in [-0.4, -0.2) is 22.5 Å². The second kappa shape index (κ2) is 6.04. The molecule has 1 aromatic heterocycles. The summed E-state index contributed by atoms with van der Waals surface area (Å²) in [5.41, 5.74) is 1.09. The number of nitrogens with zero attached hydrogens (tertiary/aromatic N) is 1. The van der Waals surface area contributed by atoms with Gasteiger partial charge in [-0.1, -0.05) is 32.0 Å². The van der Waals surface area contributed by atoms with Gasteiger partial charge in [-0.3, -0.25) is 10.1 Å². The molecule has 1 heterocycles. The highest BCUT2D eigenvalue weighted by atomic mass is 16.5. The number of hydrogen-bond acceptors (Lipinski definition) is 3. The van der Waals surface area contributed by atoms with Crippen LogP contribution in [0.1, 0.15) is 25.3 Å². The molecule has 0 radical (unpaired) electrons. The molecule has 2 aromatic rings. The van der Waals surface area contributed by atoms with Crippen LogP contribution < -0.4 is 10.1 Å². The van der Waals surface area contributed by atoms with Gasteiger partial charge in [-0.25, -0.2) is 4.98 Å². The minimum Gasteiger partial charge on any atom is -0.483 e. The van der Waals surface area contributed by atoms with E-state index in [0.717, 1.165) is 11.3 Å². The van der Waals surface area contributed by atoms with Crippen LogP contribution in [0.2, 0.25) is 0 Å². The standard InChI is InChI=1S/C14H17N3O2/c1-10(2)11-5-3-4-6-12(11)19-9-13(18)17-14-15-7-8-16-14/h3-8,10H,9H2,1-2H3,(H2,15,16,17,18). The second-order valence-corrected chi connectivity index (χ2v) is 4.47. The minimum absolute atomic E-state index is 0.0373. The van der Waals surface area contributed by atoms with Gasteiger partial charge in [-0.2, -0.15) is 0 Å². The summed E-state index contributed by atoms with van der Waals surface area (Å²) >= 11 is 0. The third kappa shape index (κ3) is 3.58. The average Bonchev–Trinajstić information content (AvgIpc) is 2.89. The lowest BCUT2D eigenvalue weighted by Gasteiger charge is -2.13. The summed E-state index contributed by atoms with van der Waals surface area (Å²) in [6.45, 7) is 4.14. The predicted octanol–water partition coefficient (Wildman–Crippen LogP) is 2.55. The molecule has 0 atom stereocenters. The molecule has 19 heavy (non-hydrogen) atoms. The number of imidazole rings is 1. The number of hydrogen-bond donors (Lipinski definition) is 2. The van der Waals surface area contributed by atoms with Crippen molar-refractivity contribution in [2.75, 3.05) is 11.9 Å². The lowest BCUT2D eigenvalue weighted by atomic mass is 10.0. The first-order chi connectivity index (χ1) is 9.16. The SMILES string of the molecule is CC(C)c1ccccc1OCC(=O)Nc1ncc[nH]1. The first-order valence-electron chi connectivity index (χ1n) is 6.18. The Morgan fingerprint density at radius 1 is 1.42 bits per heavy atom. The van der Waals surface area contributed by atoms with Crippen LogP contribution in [-0.2, 0) is 4.79 Å². The van der Waals surface area contributed by atoms with Gasteiger partial charge < -0.3 is 9.72 Å². The van der Waals surface area contributed by atoms with E-state index in [1.807, 2.05) is 24.3 Å². The smallest absolute Gasteiger partial charge is 0.264 e. The molecule has 2 N–H and O–H groups in total. The molecule has 1 aromatic carbocycles. The molecule has 0 aliphatic heterocycles. The highest BCUT2D eigenvalue weighted by Crippen LogP contribution is 2.25. The maximum Gasteiger partial charge on any atom is 0.264 e. The summed E-state index contributed by atoms with van der Waals surface area (Å²) in [5.74, 6) is 1.27. The van der Waals surface area contributed by atoms with Gasteiger partial charge >= 0.3 is 0 Å². The highest BCUT2D eigenvalue weighted by molar-refractivity contribution is 5.90. The van der Waals surface area contributed by atoms with Crippen LogP contribution in [0, 0.1) is 0 Å². The number of amides is 1. The zero-order chi connectivity index (χ0) is 13.7. The number of para-hydroxylation sites is 1. The van der Waals surface area contributed by atoms with Crippen molar-refractivity contribution < 1.29 is 9.53 Å². The Morgan fingerprint density at radius 3 is 2.89 bits per heavy atom. The van der Waals surface area contributed by atoms with Crippen LogP contribution in [0.4, 0.5) is 5.95 Å². The number of ether oxygens (including phenoxy) is 1. The Morgan fingerprint density at radius 2 is 2.21 bits per heavy atom. The largest absolute Gasteiger partial charge is 0.483 e. The van der Waals surface area contributed by atoms with Crippen molar-refractivity contribution in [1.29, 1.82) is 0 Å². The van der Waals surface area contributed by atoms with E-state index in [2.05, 4.69) is 29.1 Å². The zero-order valence-corrected chi connectivity index (χ0v) is 11.0. The number of H-pyrrole nitrogens is 1. The Hall–Kier alpha value is -2.30. The lowest BCUT2D eigenvalue weighted by Crippen LogP contribution is -2.21. The number of benzene rings is 1. The average molecular weight is 259 g/mol. The van der Waals surface area contributed by atoms with Gasteiger partial charge in [0, 0.05) is 12.4 Å². The molecule has 0 bridgehead atoms. The molecule has 5 nitrogen and oxygen atoms in total. The number of carbonyl (C=O) groups excluding carboxylic acids is 1. The molecule has 100 valence electrons. The zero-order valence-electron chi connectivity index (χ0n) is 11.0. The Bertz CT molecular complexity index is 535. The number of carbonyl (C=O) groups is 1. The van der Waals surface area contributed by atoms with E-state index < -0.39 is 0 Å². The third-order valence-corrected chi connectivity index (χ3v) is 2.66. The van der Waals surface area contributed by atoms with Crippen molar-refractivity contribution in [2.24, 2.45) is 0 Å². The van der Waals surface area contributed by atoms with E-state index in [9.17, 15) is 4.79 Å². The molecular formula is C14H17N3O2. The number of aromatic amines is 1. The van der Waals surface area contributed by atoms with Crippen molar-refractivity contribution >= 4 is 11.9 Å². The van der Waals surface area contributed by atoms with Gasteiger partial charge in [0.2, 0.25) is 5.95 Å². The van der Waals surface area contributed by atoms with Gasteiger partial charge in [-0.15, -0.1) is 0 Å². The molecule has 0 saturated heterocycles.